The molecule has 1 atom stereocenters. The summed E-state index contributed by atoms with van der Waals surface area (Å²) in [7, 11) is 0. The third-order valence-electron chi connectivity index (χ3n) is 4.05. The number of nitrogens with one attached hydrogen (secondary N) is 1. The van der Waals surface area contributed by atoms with Gasteiger partial charge in [-0.15, -0.1) is 0 Å². The highest BCUT2D eigenvalue weighted by Gasteiger charge is 2.11. The number of rotatable bonds is 8. The molecule has 0 saturated heterocycles. The van der Waals surface area contributed by atoms with E-state index in [0.717, 1.165) is 23.3 Å². The van der Waals surface area contributed by atoms with Gasteiger partial charge in [-0.3, -0.25) is 4.79 Å². The number of halogens is 1. The van der Waals surface area contributed by atoms with Crippen LogP contribution in [0.2, 0.25) is 0 Å². The molecular weight excluding hydrogens is 305 g/mol. The summed E-state index contributed by atoms with van der Waals surface area (Å²) in [6.45, 7) is 4.71. The van der Waals surface area contributed by atoms with Gasteiger partial charge in [0.25, 0.3) is 5.91 Å². The third kappa shape index (κ3) is 5.37. The van der Waals surface area contributed by atoms with E-state index in [2.05, 4.69) is 19.2 Å². The second kappa shape index (κ2) is 9.06. The Morgan fingerprint density at radius 3 is 2.75 bits per heavy atom. The van der Waals surface area contributed by atoms with Crippen molar-refractivity contribution < 1.29 is 13.9 Å². The van der Waals surface area contributed by atoms with Crippen molar-refractivity contribution >= 4 is 5.91 Å². The van der Waals surface area contributed by atoms with Gasteiger partial charge in [0.2, 0.25) is 0 Å². The van der Waals surface area contributed by atoms with Gasteiger partial charge in [-0.25, -0.2) is 4.39 Å². The first-order chi connectivity index (χ1) is 11.6. The van der Waals surface area contributed by atoms with Crippen molar-refractivity contribution in [3.05, 3.63) is 65.5 Å². The van der Waals surface area contributed by atoms with Gasteiger partial charge in [0.15, 0.2) is 6.61 Å². The first kappa shape index (κ1) is 18.0. The highest BCUT2D eigenvalue weighted by molar-refractivity contribution is 5.77. The number of carbonyl (C=O) groups excluding carboxylic acids is 1. The molecule has 0 saturated carbocycles. The molecule has 0 aliphatic heterocycles. The van der Waals surface area contributed by atoms with Crippen LogP contribution < -0.4 is 10.1 Å². The molecule has 0 heterocycles. The van der Waals surface area contributed by atoms with Crippen LogP contribution in [0.5, 0.6) is 5.75 Å². The summed E-state index contributed by atoms with van der Waals surface area (Å²) in [5.74, 6) is 0.707. The molecule has 24 heavy (non-hydrogen) atoms. The zero-order chi connectivity index (χ0) is 17.4. The number of carbonyl (C=O) groups is 1. The topological polar surface area (TPSA) is 38.3 Å². The average molecular weight is 329 g/mol. The van der Waals surface area contributed by atoms with E-state index < -0.39 is 0 Å². The molecule has 1 N–H and O–H groups in total. The molecule has 0 bridgehead atoms. The molecule has 0 aliphatic carbocycles. The van der Waals surface area contributed by atoms with Crippen molar-refractivity contribution in [3.8, 4) is 5.75 Å². The van der Waals surface area contributed by atoms with Crippen LogP contribution in [0, 0.1) is 5.82 Å². The van der Waals surface area contributed by atoms with Crippen LogP contribution in [-0.2, 0) is 11.2 Å². The number of benzene rings is 2. The minimum Gasteiger partial charge on any atom is -0.483 e. The lowest BCUT2D eigenvalue weighted by atomic mass is 9.98. The monoisotopic (exact) mass is 329 g/mol. The molecule has 0 aromatic heterocycles. The summed E-state index contributed by atoms with van der Waals surface area (Å²) in [4.78, 5) is 11.9. The fourth-order valence-corrected chi connectivity index (χ4v) is 2.47. The maximum absolute atomic E-state index is 13.1. The maximum atomic E-state index is 13.1. The van der Waals surface area contributed by atoms with Gasteiger partial charge in [-0.1, -0.05) is 44.2 Å². The highest BCUT2D eigenvalue weighted by atomic mass is 19.1. The van der Waals surface area contributed by atoms with Crippen LogP contribution in [-0.4, -0.2) is 19.1 Å². The van der Waals surface area contributed by atoms with Gasteiger partial charge in [0, 0.05) is 6.54 Å². The first-order valence-electron chi connectivity index (χ1n) is 8.33. The fourth-order valence-electron chi connectivity index (χ4n) is 2.47. The average Bonchev–Trinajstić information content (AvgIpc) is 2.59. The zero-order valence-corrected chi connectivity index (χ0v) is 14.2. The Kier molecular flexibility index (Phi) is 6.79. The van der Waals surface area contributed by atoms with Crippen molar-refractivity contribution in [2.75, 3.05) is 13.2 Å². The minimum absolute atomic E-state index is 0.0173. The quantitative estimate of drug-likeness (QED) is 0.792. The molecule has 3 nitrogen and oxygen atoms in total. The van der Waals surface area contributed by atoms with E-state index in [-0.39, 0.29) is 18.3 Å². The van der Waals surface area contributed by atoms with Gasteiger partial charge in [0.05, 0.1) is 0 Å². The second-order valence-electron chi connectivity index (χ2n) is 5.87. The lowest BCUT2D eigenvalue weighted by Crippen LogP contribution is -2.30. The van der Waals surface area contributed by atoms with Gasteiger partial charge in [-0.2, -0.15) is 0 Å². The Morgan fingerprint density at radius 1 is 1.21 bits per heavy atom. The van der Waals surface area contributed by atoms with E-state index in [1.54, 1.807) is 6.07 Å². The number of hydrogen-bond donors (Lipinski definition) is 1. The van der Waals surface area contributed by atoms with E-state index in [4.69, 9.17) is 4.74 Å². The fraction of sp³-hybridized carbons (Fsp3) is 0.350. The molecule has 0 fully saturated rings. The Hall–Kier alpha value is -2.36. The van der Waals surface area contributed by atoms with Crippen LogP contribution in [0.3, 0.4) is 0 Å². The van der Waals surface area contributed by atoms with Gasteiger partial charge >= 0.3 is 0 Å². The van der Waals surface area contributed by atoms with Crippen molar-refractivity contribution in [3.63, 3.8) is 0 Å². The number of amides is 1. The first-order valence-corrected chi connectivity index (χ1v) is 8.33. The molecule has 0 spiro atoms. The zero-order valence-electron chi connectivity index (χ0n) is 14.2. The Balaban J connectivity index is 1.79. The molecule has 0 aliphatic rings. The molecule has 2 aromatic carbocycles. The molecular formula is C20H24FNO2. The minimum atomic E-state index is -0.260. The number of para-hydroxylation sites is 1. The molecule has 2 aromatic rings. The number of hydrogen-bond acceptors (Lipinski definition) is 2. The standard InChI is InChI=1S/C20H24FNO2/c1-3-15(2)18-9-4-5-10-19(18)24-14-20(23)22-12-11-16-7-6-8-17(21)13-16/h4-10,13,15H,3,11-12,14H2,1-2H3,(H,22,23). The third-order valence-corrected chi connectivity index (χ3v) is 4.05. The summed E-state index contributed by atoms with van der Waals surface area (Å²) in [5.41, 5.74) is 1.98. The van der Waals surface area contributed by atoms with Crippen molar-refractivity contribution in [1.82, 2.24) is 5.32 Å². The van der Waals surface area contributed by atoms with Gasteiger partial charge < -0.3 is 10.1 Å². The van der Waals surface area contributed by atoms with E-state index in [1.807, 2.05) is 30.3 Å². The summed E-state index contributed by atoms with van der Waals surface area (Å²) in [5, 5.41) is 2.80. The van der Waals surface area contributed by atoms with Gasteiger partial charge in [0.1, 0.15) is 11.6 Å². The SMILES string of the molecule is CCC(C)c1ccccc1OCC(=O)NCCc1cccc(F)c1. The molecule has 4 heteroatoms. The lowest BCUT2D eigenvalue weighted by Gasteiger charge is -2.15. The van der Waals surface area contributed by atoms with Crippen molar-refractivity contribution in [2.24, 2.45) is 0 Å². The molecule has 2 rings (SSSR count). The Bertz CT molecular complexity index is 672. The smallest absolute Gasteiger partial charge is 0.257 e. The lowest BCUT2D eigenvalue weighted by molar-refractivity contribution is -0.123. The molecule has 1 amide bonds. The predicted molar refractivity (Wildman–Crippen MR) is 93.8 cm³/mol. The summed E-state index contributed by atoms with van der Waals surface area (Å²) in [6.07, 6.45) is 1.60. The van der Waals surface area contributed by atoms with Crippen LogP contribution in [0.15, 0.2) is 48.5 Å². The van der Waals surface area contributed by atoms with E-state index in [9.17, 15) is 9.18 Å². The van der Waals surface area contributed by atoms with Gasteiger partial charge in [-0.05, 0) is 48.1 Å². The van der Waals surface area contributed by atoms with E-state index in [1.165, 1.54) is 12.1 Å². The summed E-state index contributed by atoms with van der Waals surface area (Å²) >= 11 is 0. The molecule has 128 valence electrons. The number of ether oxygens (including phenoxy) is 1. The molecule has 1 unspecified atom stereocenters. The second-order valence-corrected chi connectivity index (χ2v) is 5.87. The Morgan fingerprint density at radius 2 is 2.00 bits per heavy atom. The predicted octanol–water partition coefficient (Wildman–Crippen LogP) is 4.08. The highest BCUT2D eigenvalue weighted by Crippen LogP contribution is 2.28. The van der Waals surface area contributed by atoms with Crippen LogP contribution in [0.1, 0.15) is 37.3 Å². The summed E-state index contributed by atoms with van der Waals surface area (Å²) in [6, 6.07) is 14.2. The maximum Gasteiger partial charge on any atom is 0.257 e. The Labute approximate surface area is 142 Å². The van der Waals surface area contributed by atoms with E-state index in [0.29, 0.717) is 18.9 Å². The summed E-state index contributed by atoms with van der Waals surface area (Å²) < 4.78 is 18.8. The van der Waals surface area contributed by atoms with Crippen LogP contribution in [0.4, 0.5) is 4.39 Å². The van der Waals surface area contributed by atoms with Crippen molar-refractivity contribution in [2.45, 2.75) is 32.6 Å². The van der Waals surface area contributed by atoms with Crippen molar-refractivity contribution in [1.29, 1.82) is 0 Å². The van der Waals surface area contributed by atoms with E-state index >= 15 is 0 Å². The van der Waals surface area contributed by atoms with Crippen LogP contribution >= 0.6 is 0 Å². The molecule has 0 radical (unpaired) electrons. The normalized spacial score (nSPS) is 11.8. The van der Waals surface area contributed by atoms with Crippen LogP contribution in [0.25, 0.3) is 0 Å². The largest absolute Gasteiger partial charge is 0.483 e.